The number of hydrogen-bond donors (Lipinski definition) is 0. The van der Waals surface area contributed by atoms with Crippen molar-refractivity contribution in [2.75, 3.05) is 25.1 Å². The van der Waals surface area contributed by atoms with E-state index in [1.165, 1.54) is 12.0 Å². The zero-order chi connectivity index (χ0) is 19.6. The molecule has 2 aliphatic heterocycles. The van der Waals surface area contributed by atoms with Crippen LogP contribution >= 0.6 is 24.0 Å². The van der Waals surface area contributed by atoms with Crippen molar-refractivity contribution in [2.45, 2.75) is 26.2 Å². The first-order valence-electron chi connectivity index (χ1n) is 8.75. The van der Waals surface area contributed by atoms with E-state index in [0.29, 0.717) is 12.1 Å². The van der Waals surface area contributed by atoms with Gasteiger partial charge in [-0.3, -0.25) is 19.3 Å². The highest BCUT2D eigenvalue weighted by Gasteiger charge is 2.42. The fourth-order valence-electron chi connectivity index (χ4n) is 3.12. The van der Waals surface area contributed by atoms with Gasteiger partial charge in [0, 0.05) is 12.1 Å². The summed E-state index contributed by atoms with van der Waals surface area (Å²) >= 11 is 6.31. The summed E-state index contributed by atoms with van der Waals surface area (Å²) in [5, 5.41) is 0. The van der Waals surface area contributed by atoms with Crippen molar-refractivity contribution in [2.24, 2.45) is 0 Å². The summed E-state index contributed by atoms with van der Waals surface area (Å²) in [4.78, 5) is 40.8. The molecule has 0 radical (unpaired) electrons. The molecule has 0 saturated carbocycles. The monoisotopic (exact) mass is 404 g/mol. The normalized spacial score (nSPS) is 19.1. The van der Waals surface area contributed by atoms with E-state index >= 15 is 0 Å². The van der Waals surface area contributed by atoms with Gasteiger partial charge in [-0.2, -0.15) is 0 Å². The molecule has 142 valence electrons. The second-order valence-corrected chi connectivity index (χ2v) is 7.86. The maximum absolute atomic E-state index is 13.1. The summed E-state index contributed by atoms with van der Waals surface area (Å²) in [6.07, 6.45) is 2.98. The molecule has 8 heteroatoms. The molecule has 0 atom stereocenters. The van der Waals surface area contributed by atoms with Crippen molar-refractivity contribution in [3.63, 3.8) is 0 Å². The van der Waals surface area contributed by atoms with E-state index in [9.17, 15) is 14.4 Å². The van der Waals surface area contributed by atoms with Crippen molar-refractivity contribution in [1.29, 1.82) is 0 Å². The van der Waals surface area contributed by atoms with E-state index in [4.69, 9.17) is 12.2 Å². The maximum Gasteiger partial charge on any atom is 0.325 e. The molecule has 1 aromatic carbocycles. The number of amides is 2. The SMILES string of the molecule is CCCCCN1C(=O)C(=C2SC(=S)N(CC(=O)OC)C2=O)c2ccccc21. The predicted molar refractivity (Wildman–Crippen MR) is 109 cm³/mol. The number of para-hydroxylation sites is 1. The second-order valence-electron chi connectivity index (χ2n) is 6.22. The number of thioether (sulfide) groups is 1. The lowest BCUT2D eigenvalue weighted by atomic mass is 10.1. The van der Waals surface area contributed by atoms with Crippen LogP contribution in [-0.2, 0) is 19.1 Å². The average Bonchev–Trinajstić information content (AvgIpc) is 3.09. The molecule has 0 unspecified atom stereocenters. The topological polar surface area (TPSA) is 66.9 Å². The Labute approximate surface area is 167 Å². The number of fused-ring (bicyclic) bond motifs is 1. The van der Waals surface area contributed by atoms with E-state index in [-0.39, 0.29) is 21.7 Å². The molecule has 2 heterocycles. The molecule has 27 heavy (non-hydrogen) atoms. The van der Waals surface area contributed by atoms with E-state index in [0.717, 1.165) is 42.3 Å². The summed E-state index contributed by atoms with van der Waals surface area (Å²) in [6.45, 7) is 2.46. The van der Waals surface area contributed by atoms with E-state index in [1.807, 2.05) is 24.3 Å². The molecule has 0 bridgehead atoms. The second kappa shape index (κ2) is 8.22. The number of nitrogens with zero attached hydrogens (tertiary/aromatic N) is 2. The molecule has 0 spiro atoms. The molecule has 2 aliphatic rings. The Kier molecular flexibility index (Phi) is 5.96. The highest BCUT2D eigenvalue weighted by molar-refractivity contribution is 8.26. The Hall–Kier alpha value is -2.19. The molecule has 6 nitrogen and oxygen atoms in total. The number of unbranched alkanes of at least 4 members (excludes halogenated alkanes) is 2. The Morgan fingerprint density at radius 1 is 1.15 bits per heavy atom. The zero-order valence-corrected chi connectivity index (χ0v) is 16.8. The number of rotatable bonds is 6. The standard InChI is InChI=1S/C19H20N2O4S2/c1-3-4-7-10-20-13-9-6-5-8-12(13)15(17(20)23)16-18(24)21(19(26)27-16)11-14(22)25-2/h5-6,8-9H,3-4,7,10-11H2,1-2H3. The van der Waals surface area contributed by atoms with Crippen molar-refractivity contribution in [3.05, 3.63) is 34.7 Å². The first kappa shape index (κ1) is 19.6. The average molecular weight is 405 g/mol. The van der Waals surface area contributed by atoms with E-state index in [1.54, 1.807) is 4.90 Å². The van der Waals surface area contributed by atoms with Crippen molar-refractivity contribution in [3.8, 4) is 0 Å². The first-order chi connectivity index (χ1) is 13.0. The highest BCUT2D eigenvalue weighted by atomic mass is 32.2. The smallest absolute Gasteiger partial charge is 0.325 e. The minimum Gasteiger partial charge on any atom is -0.468 e. The molecule has 0 aromatic heterocycles. The third-order valence-corrected chi connectivity index (χ3v) is 5.95. The van der Waals surface area contributed by atoms with Gasteiger partial charge in [0.1, 0.15) is 10.9 Å². The molecule has 0 N–H and O–H groups in total. The number of methoxy groups -OCH3 is 1. The molecule has 2 amide bonds. The van der Waals surface area contributed by atoms with Gasteiger partial charge in [0.2, 0.25) is 0 Å². The lowest BCUT2D eigenvalue weighted by Crippen LogP contribution is -2.34. The lowest BCUT2D eigenvalue weighted by Gasteiger charge is -2.16. The number of hydrogen-bond acceptors (Lipinski definition) is 6. The summed E-state index contributed by atoms with van der Waals surface area (Å²) < 4.78 is 4.88. The fourth-order valence-corrected chi connectivity index (χ4v) is 4.45. The summed E-state index contributed by atoms with van der Waals surface area (Å²) in [6, 6.07) is 7.46. The number of thiocarbonyl (C=S) groups is 1. The number of anilines is 1. The van der Waals surface area contributed by atoms with Crippen LogP contribution in [0.4, 0.5) is 5.69 Å². The van der Waals surface area contributed by atoms with E-state index < -0.39 is 11.9 Å². The number of benzene rings is 1. The third kappa shape index (κ3) is 3.64. The summed E-state index contributed by atoms with van der Waals surface area (Å²) in [5.41, 5.74) is 1.91. The zero-order valence-electron chi connectivity index (χ0n) is 15.2. The van der Waals surface area contributed by atoms with Crippen LogP contribution in [0.25, 0.3) is 5.57 Å². The van der Waals surface area contributed by atoms with Gasteiger partial charge < -0.3 is 9.64 Å². The van der Waals surface area contributed by atoms with Gasteiger partial charge in [-0.15, -0.1) is 0 Å². The molecule has 3 rings (SSSR count). The Bertz CT molecular complexity index is 850. The van der Waals surface area contributed by atoms with Gasteiger partial charge in [0.15, 0.2) is 0 Å². The van der Waals surface area contributed by atoms with Gasteiger partial charge in [-0.05, 0) is 12.5 Å². The van der Waals surface area contributed by atoms with Gasteiger partial charge in [-0.25, -0.2) is 0 Å². The predicted octanol–water partition coefficient (Wildman–Crippen LogP) is 2.97. The van der Waals surface area contributed by atoms with Crippen LogP contribution in [0.1, 0.15) is 31.7 Å². The largest absolute Gasteiger partial charge is 0.468 e. The highest BCUT2D eigenvalue weighted by Crippen LogP contribution is 2.44. The Balaban J connectivity index is 1.98. The number of carbonyl (C=O) groups is 3. The quantitative estimate of drug-likeness (QED) is 0.314. The van der Waals surface area contributed by atoms with Crippen LogP contribution < -0.4 is 4.90 Å². The minimum absolute atomic E-state index is 0.189. The molecule has 0 aliphatic carbocycles. The van der Waals surface area contributed by atoms with Crippen molar-refractivity contribution in [1.82, 2.24) is 4.90 Å². The molecular weight excluding hydrogens is 384 g/mol. The van der Waals surface area contributed by atoms with Crippen LogP contribution in [0.2, 0.25) is 0 Å². The molecule has 1 saturated heterocycles. The molecular formula is C19H20N2O4S2. The number of carbonyl (C=O) groups excluding carboxylic acids is 3. The molecule has 1 aromatic rings. The van der Waals surface area contributed by atoms with Crippen LogP contribution in [0.3, 0.4) is 0 Å². The fraction of sp³-hybridized carbons (Fsp3) is 0.368. The molecule has 1 fully saturated rings. The van der Waals surface area contributed by atoms with Gasteiger partial charge >= 0.3 is 5.97 Å². The minimum atomic E-state index is -0.558. The first-order valence-corrected chi connectivity index (χ1v) is 9.98. The third-order valence-electron chi connectivity index (χ3n) is 4.50. The van der Waals surface area contributed by atoms with Crippen LogP contribution in [0.15, 0.2) is 29.2 Å². The Morgan fingerprint density at radius 3 is 2.59 bits per heavy atom. The maximum atomic E-state index is 13.1. The van der Waals surface area contributed by atoms with Gasteiger partial charge in [-0.1, -0.05) is 61.9 Å². The van der Waals surface area contributed by atoms with Crippen LogP contribution in [-0.4, -0.2) is 47.2 Å². The number of ether oxygens (including phenoxy) is 1. The van der Waals surface area contributed by atoms with E-state index in [2.05, 4.69) is 11.7 Å². The van der Waals surface area contributed by atoms with Gasteiger partial charge in [0.25, 0.3) is 11.8 Å². The van der Waals surface area contributed by atoms with Crippen LogP contribution in [0.5, 0.6) is 0 Å². The van der Waals surface area contributed by atoms with Crippen LogP contribution in [0, 0.1) is 0 Å². The van der Waals surface area contributed by atoms with Gasteiger partial charge in [0.05, 0.1) is 23.3 Å². The Morgan fingerprint density at radius 2 is 1.89 bits per heavy atom. The van der Waals surface area contributed by atoms with Crippen molar-refractivity contribution < 1.29 is 19.1 Å². The summed E-state index contributed by atoms with van der Waals surface area (Å²) in [5.74, 6) is -1.17. The summed E-state index contributed by atoms with van der Waals surface area (Å²) in [7, 11) is 1.25. The number of esters is 1. The lowest BCUT2D eigenvalue weighted by molar-refractivity contribution is -0.143. The van der Waals surface area contributed by atoms with Crippen molar-refractivity contribution >= 4 is 57.3 Å².